The first-order valence-electron chi connectivity index (χ1n) is 5.39. The van der Waals surface area contributed by atoms with E-state index in [0.29, 0.717) is 13.0 Å². The molecule has 0 bridgehead atoms. The maximum Gasteiger partial charge on any atom is 0.223 e. The third kappa shape index (κ3) is 6.47. The Balaban J connectivity index is 3.84. The highest BCUT2D eigenvalue weighted by atomic mass is 16.3. The van der Waals surface area contributed by atoms with Crippen molar-refractivity contribution < 1.29 is 9.90 Å². The molecule has 0 aromatic rings. The molecule has 2 N–H and O–H groups in total. The van der Waals surface area contributed by atoms with E-state index in [1.165, 1.54) is 0 Å². The normalized spacial score (nSPS) is 13.7. The number of likely N-dealkylation sites (N-methyl/N-ethyl adjacent to an activating group) is 1. The first kappa shape index (κ1) is 14.4. The molecule has 0 aliphatic heterocycles. The Morgan fingerprint density at radius 1 is 1.47 bits per heavy atom. The predicted molar refractivity (Wildman–Crippen MR) is 61.7 cm³/mol. The average molecular weight is 216 g/mol. The summed E-state index contributed by atoms with van der Waals surface area (Å²) in [6.07, 6.45) is 0.470. The van der Waals surface area contributed by atoms with Crippen LogP contribution in [0.1, 0.15) is 34.1 Å². The quantitative estimate of drug-likeness (QED) is 0.708. The summed E-state index contributed by atoms with van der Waals surface area (Å²) in [6, 6.07) is -0.105. The SMILES string of the molecule is CC(CO)N(C)C(=O)CCNC(C)(C)C. The zero-order valence-corrected chi connectivity index (χ0v) is 10.5. The molecule has 0 spiro atoms. The van der Waals surface area contributed by atoms with E-state index < -0.39 is 0 Å². The number of carbonyl (C=O) groups is 1. The van der Waals surface area contributed by atoms with Gasteiger partial charge < -0.3 is 15.3 Å². The van der Waals surface area contributed by atoms with Gasteiger partial charge in [0.05, 0.1) is 12.6 Å². The van der Waals surface area contributed by atoms with Crippen molar-refractivity contribution in [3.8, 4) is 0 Å². The summed E-state index contributed by atoms with van der Waals surface area (Å²) in [5, 5.41) is 12.2. The second-order valence-corrected chi connectivity index (χ2v) is 4.96. The molecule has 1 atom stereocenters. The maximum absolute atomic E-state index is 11.6. The van der Waals surface area contributed by atoms with Crippen molar-refractivity contribution in [2.75, 3.05) is 20.2 Å². The van der Waals surface area contributed by atoms with Crippen molar-refractivity contribution in [1.82, 2.24) is 10.2 Å². The predicted octanol–water partition coefficient (Wildman–Crippen LogP) is 0.604. The second kappa shape index (κ2) is 6.08. The van der Waals surface area contributed by atoms with Crippen molar-refractivity contribution in [3.63, 3.8) is 0 Å². The van der Waals surface area contributed by atoms with Gasteiger partial charge in [0.25, 0.3) is 0 Å². The van der Waals surface area contributed by atoms with E-state index in [1.54, 1.807) is 11.9 Å². The van der Waals surface area contributed by atoms with Gasteiger partial charge in [0.2, 0.25) is 5.91 Å². The van der Waals surface area contributed by atoms with E-state index in [2.05, 4.69) is 26.1 Å². The first-order chi connectivity index (χ1) is 6.78. The molecule has 0 heterocycles. The maximum atomic E-state index is 11.6. The fourth-order valence-corrected chi connectivity index (χ4v) is 1.09. The van der Waals surface area contributed by atoms with E-state index in [1.807, 2.05) is 6.92 Å². The molecule has 0 aromatic carbocycles. The molecule has 0 fully saturated rings. The average Bonchev–Trinajstić information content (AvgIpc) is 2.13. The van der Waals surface area contributed by atoms with Crippen LogP contribution < -0.4 is 5.32 Å². The number of amides is 1. The van der Waals surface area contributed by atoms with Crippen molar-refractivity contribution >= 4 is 5.91 Å². The fourth-order valence-electron chi connectivity index (χ4n) is 1.09. The fraction of sp³-hybridized carbons (Fsp3) is 0.909. The Kier molecular flexibility index (Phi) is 5.83. The monoisotopic (exact) mass is 216 g/mol. The van der Waals surface area contributed by atoms with Gasteiger partial charge >= 0.3 is 0 Å². The third-order valence-electron chi connectivity index (χ3n) is 2.31. The van der Waals surface area contributed by atoms with E-state index >= 15 is 0 Å². The first-order valence-corrected chi connectivity index (χ1v) is 5.39. The van der Waals surface area contributed by atoms with Gasteiger partial charge in [-0.1, -0.05) is 0 Å². The molecule has 90 valence electrons. The summed E-state index contributed by atoms with van der Waals surface area (Å²) in [5.41, 5.74) is 0.0431. The number of hydrogen-bond acceptors (Lipinski definition) is 3. The van der Waals surface area contributed by atoms with Crippen LogP contribution in [0.4, 0.5) is 0 Å². The molecule has 0 saturated carbocycles. The highest BCUT2D eigenvalue weighted by Crippen LogP contribution is 2.01. The molecule has 0 radical (unpaired) electrons. The molecule has 0 rings (SSSR count). The van der Waals surface area contributed by atoms with Crippen LogP contribution in [0.3, 0.4) is 0 Å². The molecule has 0 aliphatic rings. The molecule has 0 aliphatic carbocycles. The lowest BCUT2D eigenvalue weighted by atomic mass is 10.1. The summed E-state index contributed by atoms with van der Waals surface area (Å²) < 4.78 is 0. The van der Waals surface area contributed by atoms with E-state index in [4.69, 9.17) is 5.11 Å². The lowest BCUT2D eigenvalue weighted by Crippen LogP contribution is -2.41. The standard InChI is InChI=1S/C11H24N2O2/c1-9(8-14)13(5)10(15)6-7-12-11(2,3)4/h9,12,14H,6-8H2,1-5H3. The van der Waals surface area contributed by atoms with Gasteiger partial charge in [0.1, 0.15) is 0 Å². The lowest BCUT2D eigenvalue weighted by Gasteiger charge is -2.25. The van der Waals surface area contributed by atoms with Crippen LogP contribution in [-0.2, 0) is 4.79 Å². The highest BCUT2D eigenvalue weighted by molar-refractivity contribution is 5.76. The summed E-state index contributed by atoms with van der Waals surface area (Å²) >= 11 is 0. The smallest absolute Gasteiger partial charge is 0.223 e. The van der Waals surface area contributed by atoms with E-state index in [-0.39, 0.29) is 24.1 Å². The number of nitrogens with one attached hydrogen (secondary N) is 1. The van der Waals surface area contributed by atoms with Gasteiger partial charge in [-0.15, -0.1) is 0 Å². The van der Waals surface area contributed by atoms with E-state index in [9.17, 15) is 4.79 Å². The van der Waals surface area contributed by atoms with Gasteiger partial charge in [-0.05, 0) is 27.7 Å². The minimum absolute atomic E-state index is 0.00887. The third-order valence-corrected chi connectivity index (χ3v) is 2.31. The topological polar surface area (TPSA) is 52.6 Å². The van der Waals surface area contributed by atoms with Gasteiger partial charge in [0, 0.05) is 25.6 Å². The number of aliphatic hydroxyl groups is 1. The molecule has 4 heteroatoms. The Labute approximate surface area is 92.7 Å². The number of nitrogens with zero attached hydrogens (tertiary/aromatic N) is 1. The zero-order valence-electron chi connectivity index (χ0n) is 10.5. The van der Waals surface area contributed by atoms with Crippen molar-refractivity contribution in [2.45, 2.75) is 45.7 Å². The minimum atomic E-state index is -0.105. The minimum Gasteiger partial charge on any atom is -0.394 e. The molecule has 4 nitrogen and oxygen atoms in total. The molecule has 0 saturated heterocycles. The van der Waals surface area contributed by atoms with Crippen molar-refractivity contribution in [3.05, 3.63) is 0 Å². The Bertz CT molecular complexity index is 199. The zero-order chi connectivity index (χ0) is 12.1. The van der Waals surface area contributed by atoms with Gasteiger partial charge in [-0.3, -0.25) is 4.79 Å². The number of rotatable bonds is 5. The van der Waals surface area contributed by atoms with Crippen molar-refractivity contribution in [1.29, 1.82) is 0 Å². The molecule has 0 aromatic heterocycles. The Morgan fingerprint density at radius 2 is 2.00 bits per heavy atom. The molecular weight excluding hydrogens is 192 g/mol. The number of carbonyl (C=O) groups excluding carboxylic acids is 1. The Hall–Kier alpha value is -0.610. The largest absolute Gasteiger partial charge is 0.394 e. The van der Waals surface area contributed by atoms with Crippen LogP contribution >= 0.6 is 0 Å². The number of hydrogen-bond donors (Lipinski definition) is 2. The van der Waals surface area contributed by atoms with Crippen LogP contribution in [0.15, 0.2) is 0 Å². The van der Waals surface area contributed by atoms with Crippen LogP contribution in [0.25, 0.3) is 0 Å². The van der Waals surface area contributed by atoms with Crippen LogP contribution in [-0.4, -0.2) is 47.7 Å². The summed E-state index contributed by atoms with van der Waals surface area (Å²) in [6.45, 7) is 8.71. The summed E-state index contributed by atoms with van der Waals surface area (Å²) in [5.74, 6) is 0.0632. The highest BCUT2D eigenvalue weighted by Gasteiger charge is 2.15. The summed E-state index contributed by atoms with van der Waals surface area (Å²) in [7, 11) is 1.72. The lowest BCUT2D eigenvalue weighted by molar-refractivity contribution is -0.132. The molecule has 1 amide bonds. The second-order valence-electron chi connectivity index (χ2n) is 4.96. The van der Waals surface area contributed by atoms with Gasteiger partial charge in [0.15, 0.2) is 0 Å². The van der Waals surface area contributed by atoms with Crippen LogP contribution in [0.2, 0.25) is 0 Å². The summed E-state index contributed by atoms with van der Waals surface area (Å²) in [4.78, 5) is 13.2. The molecular formula is C11H24N2O2. The van der Waals surface area contributed by atoms with Crippen molar-refractivity contribution in [2.24, 2.45) is 0 Å². The van der Waals surface area contributed by atoms with E-state index in [0.717, 1.165) is 0 Å². The number of aliphatic hydroxyl groups excluding tert-OH is 1. The molecule has 15 heavy (non-hydrogen) atoms. The van der Waals surface area contributed by atoms with Gasteiger partial charge in [-0.25, -0.2) is 0 Å². The van der Waals surface area contributed by atoms with Crippen LogP contribution in [0, 0.1) is 0 Å². The Morgan fingerprint density at radius 3 is 2.40 bits per heavy atom. The van der Waals surface area contributed by atoms with Crippen LogP contribution in [0.5, 0.6) is 0 Å². The molecule has 1 unspecified atom stereocenters. The van der Waals surface area contributed by atoms with Gasteiger partial charge in [-0.2, -0.15) is 0 Å².